The van der Waals surface area contributed by atoms with Crippen LogP contribution in [0.25, 0.3) is 22.2 Å². The van der Waals surface area contributed by atoms with Gasteiger partial charge in [0.25, 0.3) is 16.4 Å². The van der Waals surface area contributed by atoms with Crippen molar-refractivity contribution in [3.63, 3.8) is 0 Å². The highest BCUT2D eigenvalue weighted by Crippen LogP contribution is 2.33. The Kier molecular flexibility index (Phi) is 8.08. The molecule has 0 aliphatic heterocycles. The monoisotopic (exact) mass is 596 g/mol. The quantitative estimate of drug-likeness (QED) is 0.138. The van der Waals surface area contributed by atoms with Crippen LogP contribution >= 0.6 is 0 Å². The van der Waals surface area contributed by atoms with E-state index in [-0.39, 0.29) is 22.6 Å². The highest BCUT2D eigenvalue weighted by molar-refractivity contribution is 7.92. The zero-order chi connectivity index (χ0) is 30.0. The normalized spacial score (nSPS) is 11.8. The van der Waals surface area contributed by atoms with E-state index in [1.54, 1.807) is 43.7 Å². The van der Waals surface area contributed by atoms with Crippen molar-refractivity contribution in [2.24, 2.45) is 0 Å². The number of nitrogens with one attached hydrogen (secondary N) is 1. The number of carbonyl (C=O) groups excluding carboxylic acids is 1. The lowest BCUT2D eigenvalue weighted by Crippen LogP contribution is -2.33. The molecule has 3 heterocycles. The third kappa shape index (κ3) is 5.37. The Bertz CT molecular complexity index is 1860. The lowest BCUT2D eigenvalue weighted by Gasteiger charge is -2.25. The van der Waals surface area contributed by atoms with Gasteiger partial charge in [0.1, 0.15) is 11.5 Å². The van der Waals surface area contributed by atoms with Gasteiger partial charge in [-0.1, -0.05) is 31.5 Å². The maximum atomic E-state index is 16.1. The van der Waals surface area contributed by atoms with Gasteiger partial charge >= 0.3 is 0 Å². The maximum absolute atomic E-state index is 16.1. The number of unbranched alkanes of at least 4 members (excludes halogenated alkanes) is 1. The number of rotatable bonds is 10. The van der Waals surface area contributed by atoms with Crippen LogP contribution in [0.15, 0.2) is 84.3 Å². The predicted octanol–water partition coefficient (Wildman–Crippen LogP) is 7.07. The van der Waals surface area contributed by atoms with Crippen molar-refractivity contribution in [2.75, 3.05) is 10.8 Å². The van der Waals surface area contributed by atoms with Gasteiger partial charge in [-0.05, 0) is 42.8 Å². The van der Waals surface area contributed by atoms with Gasteiger partial charge in [0.2, 0.25) is 5.78 Å². The number of nitrogens with zero attached hydrogens (tertiary/aromatic N) is 3. The summed E-state index contributed by atoms with van der Waals surface area (Å²) in [5, 5.41) is 0.306. The zero-order valence-corrected chi connectivity index (χ0v) is 23.0. The van der Waals surface area contributed by atoms with E-state index in [1.807, 2.05) is 0 Å². The number of benzene rings is 2. The Hall–Kier alpha value is -4.58. The third-order valence-corrected chi connectivity index (χ3v) is 8.60. The smallest absolute Gasteiger partial charge is 0.264 e. The zero-order valence-electron chi connectivity index (χ0n) is 22.2. The number of aromatic amines is 1. The summed E-state index contributed by atoms with van der Waals surface area (Å²) >= 11 is 0. The summed E-state index contributed by atoms with van der Waals surface area (Å²) in [6, 6.07) is 10.9. The first kappa shape index (κ1) is 28.9. The summed E-state index contributed by atoms with van der Waals surface area (Å²) in [5.41, 5.74) is -0.288. The van der Waals surface area contributed by atoms with Crippen molar-refractivity contribution in [2.45, 2.75) is 31.1 Å². The molecule has 5 aromatic rings. The van der Waals surface area contributed by atoms with Gasteiger partial charge in [-0.3, -0.25) is 14.1 Å². The molecule has 0 fully saturated rings. The number of hydrogen-bond donors (Lipinski definition) is 1. The van der Waals surface area contributed by atoms with Gasteiger partial charge in [0.05, 0.1) is 16.1 Å². The number of alkyl halides is 2. The average Bonchev–Trinajstić information content (AvgIpc) is 3.42. The molecule has 7 nitrogen and oxygen atoms in total. The molecule has 0 amide bonds. The van der Waals surface area contributed by atoms with Crippen LogP contribution in [0.2, 0.25) is 0 Å². The molecule has 0 saturated heterocycles. The molecule has 0 atom stereocenters. The lowest BCUT2D eigenvalue weighted by molar-refractivity contribution is 0.103. The van der Waals surface area contributed by atoms with Crippen LogP contribution in [0.5, 0.6) is 0 Å². The molecule has 0 unspecified atom stereocenters. The Morgan fingerprint density at radius 2 is 1.79 bits per heavy atom. The van der Waals surface area contributed by atoms with Crippen LogP contribution < -0.4 is 4.31 Å². The minimum atomic E-state index is -4.48. The molecule has 0 spiro atoms. The van der Waals surface area contributed by atoms with Gasteiger partial charge in [0, 0.05) is 59.0 Å². The van der Waals surface area contributed by atoms with Gasteiger partial charge in [-0.15, -0.1) is 0 Å². The minimum absolute atomic E-state index is 0.0660. The van der Waals surface area contributed by atoms with Crippen molar-refractivity contribution in [1.29, 1.82) is 0 Å². The van der Waals surface area contributed by atoms with E-state index in [0.29, 0.717) is 35.0 Å². The SMILES string of the molecule is CCCCN(c1ccc(F)c(C(=O)c2c[nH]c3ncc(-c4cccnc4)cc23)c1F)S(=O)(=O)c1ccc(C(F)F)cc1. The molecule has 0 bridgehead atoms. The fourth-order valence-electron chi connectivity index (χ4n) is 4.54. The number of hydrogen-bond acceptors (Lipinski definition) is 5. The molecule has 216 valence electrons. The topological polar surface area (TPSA) is 96.0 Å². The molecular formula is C30H24F4N4O3S. The van der Waals surface area contributed by atoms with Gasteiger partial charge in [-0.2, -0.15) is 0 Å². The Labute approximate surface area is 238 Å². The summed E-state index contributed by atoms with van der Waals surface area (Å²) < 4.78 is 85.2. The van der Waals surface area contributed by atoms with Gasteiger partial charge in [0.15, 0.2) is 5.82 Å². The van der Waals surface area contributed by atoms with Crippen LogP contribution in [0, 0.1) is 11.6 Å². The number of aromatic nitrogens is 3. The average molecular weight is 597 g/mol. The highest BCUT2D eigenvalue weighted by Gasteiger charge is 2.31. The van der Waals surface area contributed by atoms with E-state index in [0.717, 1.165) is 40.7 Å². The Morgan fingerprint density at radius 1 is 1.02 bits per heavy atom. The number of anilines is 1. The van der Waals surface area contributed by atoms with E-state index < -0.39 is 45.1 Å². The molecular weight excluding hydrogens is 572 g/mol. The summed E-state index contributed by atoms with van der Waals surface area (Å²) in [7, 11) is -4.48. The second-order valence-electron chi connectivity index (χ2n) is 9.45. The number of pyridine rings is 2. The van der Waals surface area contributed by atoms with Crippen molar-refractivity contribution < 1.29 is 30.8 Å². The number of ketones is 1. The van der Waals surface area contributed by atoms with Gasteiger partial charge in [-0.25, -0.2) is 31.0 Å². The molecule has 5 rings (SSSR count). The molecule has 3 aromatic heterocycles. The summed E-state index contributed by atoms with van der Waals surface area (Å²) in [6.45, 7) is 1.60. The number of H-pyrrole nitrogens is 1. The second-order valence-corrected chi connectivity index (χ2v) is 11.3. The standard InChI is InChI=1S/C30H24F4N4O3S/c1-2-3-13-38(42(40,41)21-8-6-18(7-9-21)29(33)34)25-11-10-24(31)26(27(25)32)28(39)23-17-37-30-22(23)14-20(16-36-30)19-5-4-12-35-15-19/h4-12,14-17,29H,2-3,13H2,1H3,(H,36,37). The first-order valence-corrected chi connectivity index (χ1v) is 14.4. The van der Waals surface area contributed by atoms with Crippen LogP contribution in [-0.2, 0) is 10.0 Å². The van der Waals surface area contributed by atoms with E-state index in [9.17, 15) is 22.0 Å². The van der Waals surface area contributed by atoms with Crippen LogP contribution in [0.1, 0.15) is 47.7 Å². The number of halogens is 4. The van der Waals surface area contributed by atoms with Crippen molar-refractivity contribution in [1.82, 2.24) is 15.0 Å². The van der Waals surface area contributed by atoms with Crippen LogP contribution in [0.3, 0.4) is 0 Å². The molecule has 0 saturated carbocycles. The van der Waals surface area contributed by atoms with Gasteiger partial charge < -0.3 is 4.98 Å². The van der Waals surface area contributed by atoms with Crippen LogP contribution in [-0.4, -0.2) is 35.7 Å². The molecule has 0 aliphatic rings. The fourth-order valence-corrected chi connectivity index (χ4v) is 6.05. The minimum Gasteiger partial charge on any atom is -0.345 e. The predicted molar refractivity (Wildman–Crippen MR) is 150 cm³/mol. The van der Waals surface area contributed by atoms with E-state index in [4.69, 9.17) is 0 Å². The molecule has 1 N–H and O–H groups in total. The number of carbonyl (C=O) groups is 1. The number of fused-ring (bicyclic) bond motifs is 1. The maximum Gasteiger partial charge on any atom is 0.264 e. The fraction of sp³-hybridized carbons (Fsp3) is 0.167. The molecule has 2 aromatic carbocycles. The van der Waals surface area contributed by atoms with Crippen molar-refractivity contribution >= 4 is 32.5 Å². The third-order valence-electron chi connectivity index (χ3n) is 6.77. The van der Waals surface area contributed by atoms with Crippen molar-refractivity contribution in [3.8, 4) is 11.1 Å². The van der Waals surface area contributed by atoms with Crippen molar-refractivity contribution in [3.05, 3.63) is 108 Å². The van der Waals surface area contributed by atoms with E-state index >= 15 is 8.78 Å². The van der Waals surface area contributed by atoms with Crippen LogP contribution in [0.4, 0.5) is 23.2 Å². The molecule has 12 heteroatoms. The first-order valence-electron chi connectivity index (χ1n) is 12.9. The summed E-state index contributed by atoms with van der Waals surface area (Å²) in [6.07, 6.45) is 4.09. The Balaban J connectivity index is 1.59. The molecule has 42 heavy (non-hydrogen) atoms. The number of sulfonamides is 1. The van der Waals surface area contributed by atoms with E-state index in [1.165, 1.54) is 6.20 Å². The Morgan fingerprint density at radius 3 is 2.45 bits per heavy atom. The summed E-state index contributed by atoms with van der Waals surface area (Å²) in [5.74, 6) is -3.56. The highest BCUT2D eigenvalue weighted by atomic mass is 32.2. The molecule has 0 aliphatic carbocycles. The second kappa shape index (κ2) is 11.7. The lowest BCUT2D eigenvalue weighted by atomic mass is 10.00. The largest absolute Gasteiger partial charge is 0.345 e. The first-order chi connectivity index (χ1) is 20.1. The van der Waals surface area contributed by atoms with E-state index in [2.05, 4.69) is 15.0 Å². The summed E-state index contributed by atoms with van der Waals surface area (Å²) in [4.78, 5) is 24.5. The molecule has 0 radical (unpaired) electrons.